The zero-order chi connectivity index (χ0) is 14.5. The van der Waals surface area contributed by atoms with Crippen molar-refractivity contribution in [2.24, 2.45) is 0 Å². The molecule has 0 saturated carbocycles. The highest BCUT2D eigenvalue weighted by atomic mass is 16.6. The summed E-state index contributed by atoms with van der Waals surface area (Å²) in [6.45, 7) is 4.48. The van der Waals surface area contributed by atoms with Crippen LogP contribution < -0.4 is 10.6 Å². The standard InChI is InChI=1S/C12H20N6O2/c1-3-5-13-11-10(18(19)20)12(15-8-14-11)16-9-4-6-17(2)7-9/h8-9H,3-7H2,1-2H3,(H2,13,14,15,16). The van der Waals surface area contributed by atoms with Crippen molar-refractivity contribution in [1.82, 2.24) is 14.9 Å². The Morgan fingerprint density at radius 3 is 2.85 bits per heavy atom. The van der Waals surface area contributed by atoms with E-state index in [2.05, 4.69) is 25.5 Å². The van der Waals surface area contributed by atoms with E-state index in [1.165, 1.54) is 6.33 Å². The third-order valence-corrected chi connectivity index (χ3v) is 3.28. The smallest absolute Gasteiger partial charge is 0.353 e. The molecule has 1 aliphatic rings. The first kappa shape index (κ1) is 14.4. The van der Waals surface area contributed by atoms with Gasteiger partial charge in [-0.3, -0.25) is 10.1 Å². The molecule has 1 saturated heterocycles. The quantitative estimate of drug-likeness (QED) is 0.599. The summed E-state index contributed by atoms with van der Waals surface area (Å²) in [5.74, 6) is 0.574. The van der Waals surface area contributed by atoms with Gasteiger partial charge in [0.15, 0.2) is 0 Å². The maximum atomic E-state index is 11.3. The predicted molar refractivity (Wildman–Crippen MR) is 77.0 cm³/mol. The average molecular weight is 280 g/mol. The lowest BCUT2D eigenvalue weighted by Crippen LogP contribution is -2.24. The molecule has 0 aromatic carbocycles. The second-order valence-electron chi connectivity index (χ2n) is 5.00. The van der Waals surface area contributed by atoms with Crippen LogP contribution in [0.5, 0.6) is 0 Å². The summed E-state index contributed by atoms with van der Waals surface area (Å²) in [6.07, 6.45) is 3.18. The van der Waals surface area contributed by atoms with E-state index in [-0.39, 0.29) is 17.5 Å². The van der Waals surface area contributed by atoms with Crippen molar-refractivity contribution in [1.29, 1.82) is 0 Å². The molecular formula is C12H20N6O2. The number of likely N-dealkylation sites (N-methyl/N-ethyl adjacent to an activating group) is 1. The second-order valence-corrected chi connectivity index (χ2v) is 5.00. The van der Waals surface area contributed by atoms with Gasteiger partial charge < -0.3 is 15.5 Å². The highest BCUT2D eigenvalue weighted by molar-refractivity contribution is 5.69. The van der Waals surface area contributed by atoms with Crippen molar-refractivity contribution >= 4 is 17.3 Å². The van der Waals surface area contributed by atoms with E-state index in [4.69, 9.17) is 0 Å². The van der Waals surface area contributed by atoms with Crippen LogP contribution in [-0.4, -0.2) is 52.5 Å². The maximum Gasteiger partial charge on any atom is 0.353 e. The molecule has 2 rings (SSSR count). The topological polar surface area (TPSA) is 96.2 Å². The van der Waals surface area contributed by atoms with Crippen LogP contribution in [0.2, 0.25) is 0 Å². The first-order valence-corrected chi connectivity index (χ1v) is 6.80. The number of hydrogen-bond acceptors (Lipinski definition) is 7. The van der Waals surface area contributed by atoms with Crippen LogP contribution in [0.15, 0.2) is 6.33 Å². The number of nitrogens with zero attached hydrogens (tertiary/aromatic N) is 4. The number of rotatable bonds is 6. The molecule has 0 radical (unpaired) electrons. The van der Waals surface area contributed by atoms with E-state index in [1.54, 1.807) is 0 Å². The molecule has 20 heavy (non-hydrogen) atoms. The van der Waals surface area contributed by atoms with E-state index in [0.717, 1.165) is 25.9 Å². The lowest BCUT2D eigenvalue weighted by atomic mass is 10.2. The molecule has 8 nitrogen and oxygen atoms in total. The Bertz CT molecular complexity index is 481. The molecule has 1 unspecified atom stereocenters. The van der Waals surface area contributed by atoms with E-state index in [1.807, 2.05) is 14.0 Å². The fourth-order valence-corrected chi connectivity index (χ4v) is 2.28. The van der Waals surface area contributed by atoms with Crippen molar-refractivity contribution in [3.63, 3.8) is 0 Å². The Kier molecular flexibility index (Phi) is 4.67. The largest absolute Gasteiger partial charge is 0.364 e. The molecule has 1 aliphatic heterocycles. The molecule has 1 fully saturated rings. The van der Waals surface area contributed by atoms with Gasteiger partial charge in [0, 0.05) is 19.1 Å². The molecule has 0 amide bonds. The van der Waals surface area contributed by atoms with Gasteiger partial charge in [0.2, 0.25) is 11.6 Å². The molecule has 8 heteroatoms. The zero-order valence-electron chi connectivity index (χ0n) is 11.8. The van der Waals surface area contributed by atoms with E-state index < -0.39 is 4.92 Å². The number of likely N-dealkylation sites (tertiary alicyclic amines) is 1. The summed E-state index contributed by atoms with van der Waals surface area (Å²) >= 11 is 0. The highest BCUT2D eigenvalue weighted by Crippen LogP contribution is 2.30. The Hall–Kier alpha value is -1.96. The third kappa shape index (κ3) is 3.32. The minimum Gasteiger partial charge on any atom is -0.364 e. The molecule has 0 spiro atoms. The average Bonchev–Trinajstić information content (AvgIpc) is 2.81. The van der Waals surface area contributed by atoms with E-state index in [0.29, 0.717) is 12.4 Å². The monoisotopic (exact) mass is 280 g/mol. The van der Waals surface area contributed by atoms with Gasteiger partial charge in [0.1, 0.15) is 6.33 Å². The fraction of sp³-hybridized carbons (Fsp3) is 0.667. The lowest BCUT2D eigenvalue weighted by molar-refractivity contribution is -0.383. The summed E-state index contributed by atoms with van der Waals surface area (Å²) in [5.41, 5.74) is -0.0736. The van der Waals surface area contributed by atoms with Crippen molar-refractivity contribution in [2.45, 2.75) is 25.8 Å². The first-order chi connectivity index (χ1) is 9.61. The molecular weight excluding hydrogens is 260 g/mol. The van der Waals surface area contributed by atoms with Gasteiger partial charge in [-0.1, -0.05) is 6.92 Å². The molecule has 110 valence electrons. The summed E-state index contributed by atoms with van der Waals surface area (Å²) < 4.78 is 0. The predicted octanol–water partition coefficient (Wildman–Crippen LogP) is 1.32. The Balaban J connectivity index is 2.20. The number of aromatic nitrogens is 2. The molecule has 2 N–H and O–H groups in total. The Morgan fingerprint density at radius 2 is 2.25 bits per heavy atom. The normalized spacial score (nSPS) is 19.0. The van der Waals surface area contributed by atoms with Gasteiger partial charge in [-0.2, -0.15) is 0 Å². The van der Waals surface area contributed by atoms with Crippen molar-refractivity contribution in [3.8, 4) is 0 Å². The van der Waals surface area contributed by atoms with Crippen LogP contribution in [0.3, 0.4) is 0 Å². The SMILES string of the molecule is CCCNc1ncnc(NC2CCN(C)C2)c1[N+](=O)[O-]. The van der Waals surface area contributed by atoms with Crippen LogP contribution in [-0.2, 0) is 0 Å². The first-order valence-electron chi connectivity index (χ1n) is 6.80. The lowest BCUT2D eigenvalue weighted by Gasteiger charge is -2.14. The molecule has 1 aromatic heterocycles. The number of anilines is 2. The van der Waals surface area contributed by atoms with Crippen LogP contribution in [0.25, 0.3) is 0 Å². The minimum atomic E-state index is -0.432. The van der Waals surface area contributed by atoms with Gasteiger partial charge in [0.25, 0.3) is 0 Å². The maximum absolute atomic E-state index is 11.3. The molecule has 0 aliphatic carbocycles. The molecule has 0 bridgehead atoms. The van der Waals surface area contributed by atoms with Crippen LogP contribution in [0, 0.1) is 10.1 Å². The van der Waals surface area contributed by atoms with Gasteiger partial charge in [-0.25, -0.2) is 9.97 Å². The molecule has 2 heterocycles. The van der Waals surface area contributed by atoms with Gasteiger partial charge in [-0.05, 0) is 26.4 Å². The van der Waals surface area contributed by atoms with Crippen molar-refractivity contribution < 1.29 is 4.92 Å². The highest BCUT2D eigenvalue weighted by Gasteiger charge is 2.27. The van der Waals surface area contributed by atoms with E-state index in [9.17, 15) is 10.1 Å². The van der Waals surface area contributed by atoms with Gasteiger partial charge in [-0.15, -0.1) is 0 Å². The second kappa shape index (κ2) is 6.47. The summed E-state index contributed by atoms with van der Waals surface area (Å²) in [4.78, 5) is 21.0. The number of nitro groups is 1. The van der Waals surface area contributed by atoms with Crippen LogP contribution >= 0.6 is 0 Å². The van der Waals surface area contributed by atoms with Crippen LogP contribution in [0.1, 0.15) is 19.8 Å². The number of nitrogens with one attached hydrogen (secondary N) is 2. The summed E-state index contributed by atoms with van der Waals surface area (Å²) in [7, 11) is 2.03. The van der Waals surface area contributed by atoms with Gasteiger partial charge >= 0.3 is 5.69 Å². The van der Waals surface area contributed by atoms with Crippen molar-refractivity contribution in [2.75, 3.05) is 37.3 Å². The fourth-order valence-electron chi connectivity index (χ4n) is 2.28. The number of hydrogen-bond donors (Lipinski definition) is 2. The summed E-state index contributed by atoms with van der Waals surface area (Å²) in [6, 6.07) is 0.188. The van der Waals surface area contributed by atoms with Crippen molar-refractivity contribution in [3.05, 3.63) is 16.4 Å². The van der Waals surface area contributed by atoms with E-state index >= 15 is 0 Å². The summed E-state index contributed by atoms with van der Waals surface area (Å²) in [5, 5.41) is 17.4. The van der Waals surface area contributed by atoms with Crippen LogP contribution in [0.4, 0.5) is 17.3 Å². The minimum absolute atomic E-state index is 0.0736. The zero-order valence-corrected chi connectivity index (χ0v) is 11.8. The molecule has 1 aromatic rings. The molecule has 1 atom stereocenters. The Morgan fingerprint density at radius 1 is 1.50 bits per heavy atom. The van der Waals surface area contributed by atoms with Gasteiger partial charge in [0.05, 0.1) is 4.92 Å². The Labute approximate surface area is 117 Å². The third-order valence-electron chi connectivity index (χ3n) is 3.28.